The number of nitrogens with two attached hydrogens (primary N) is 1. The van der Waals surface area contributed by atoms with Crippen LogP contribution < -0.4 is 11.1 Å². The standard InChI is InChI=1S/C17H17Cl2FN2O/c18-15-2-1-3-16(19)14(15)10-22-9-12(17(21)23)8-11-4-6-13(20)7-5-11/h1-7,12,22H,8-10H2,(H2,21,23)/t12-/m0/s1. The molecule has 2 rings (SSSR count). The van der Waals surface area contributed by atoms with Crippen molar-refractivity contribution in [2.45, 2.75) is 13.0 Å². The zero-order valence-corrected chi connectivity index (χ0v) is 13.9. The van der Waals surface area contributed by atoms with Crippen molar-refractivity contribution in [2.75, 3.05) is 6.54 Å². The maximum Gasteiger partial charge on any atom is 0.222 e. The summed E-state index contributed by atoms with van der Waals surface area (Å²) in [5.41, 5.74) is 7.08. The minimum atomic E-state index is -0.410. The Morgan fingerprint density at radius 1 is 1.13 bits per heavy atom. The van der Waals surface area contributed by atoms with Gasteiger partial charge in [0.15, 0.2) is 0 Å². The van der Waals surface area contributed by atoms with Crippen molar-refractivity contribution < 1.29 is 9.18 Å². The molecule has 0 aliphatic carbocycles. The maximum absolute atomic E-state index is 12.9. The zero-order valence-electron chi connectivity index (χ0n) is 12.4. The van der Waals surface area contributed by atoms with Crippen LogP contribution in [0.25, 0.3) is 0 Å². The Hall–Kier alpha value is -1.62. The van der Waals surface area contributed by atoms with E-state index in [9.17, 15) is 9.18 Å². The molecule has 0 unspecified atom stereocenters. The highest BCUT2D eigenvalue weighted by atomic mass is 35.5. The number of halogens is 3. The third kappa shape index (κ3) is 5.20. The molecule has 122 valence electrons. The summed E-state index contributed by atoms with van der Waals surface area (Å²) in [6.07, 6.45) is 0.443. The summed E-state index contributed by atoms with van der Waals surface area (Å²) in [4.78, 5) is 11.6. The van der Waals surface area contributed by atoms with Gasteiger partial charge >= 0.3 is 0 Å². The maximum atomic E-state index is 12.9. The van der Waals surface area contributed by atoms with E-state index in [4.69, 9.17) is 28.9 Å². The van der Waals surface area contributed by atoms with E-state index in [1.807, 2.05) is 0 Å². The van der Waals surface area contributed by atoms with Crippen LogP contribution in [0.1, 0.15) is 11.1 Å². The molecule has 2 aromatic rings. The Morgan fingerprint density at radius 2 is 1.74 bits per heavy atom. The molecule has 0 aliphatic rings. The topological polar surface area (TPSA) is 55.1 Å². The van der Waals surface area contributed by atoms with E-state index >= 15 is 0 Å². The fraction of sp³-hybridized carbons (Fsp3) is 0.235. The van der Waals surface area contributed by atoms with Gasteiger partial charge in [-0.25, -0.2) is 4.39 Å². The molecule has 0 bridgehead atoms. The van der Waals surface area contributed by atoms with Crippen molar-refractivity contribution in [3.05, 3.63) is 69.5 Å². The SMILES string of the molecule is NC(=O)[C@H](CNCc1c(Cl)cccc1Cl)Cc1ccc(F)cc1. The monoisotopic (exact) mass is 354 g/mol. The molecule has 0 saturated heterocycles. The Bertz CT molecular complexity index is 657. The number of benzene rings is 2. The third-order valence-corrected chi connectivity index (χ3v) is 4.26. The Kier molecular flexibility index (Phi) is 6.39. The summed E-state index contributed by atoms with van der Waals surface area (Å²) in [6.45, 7) is 0.819. The number of nitrogens with one attached hydrogen (secondary N) is 1. The average Bonchev–Trinajstić information content (AvgIpc) is 2.51. The second kappa shape index (κ2) is 8.29. The van der Waals surface area contributed by atoms with Gasteiger partial charge in [-0.05, 0) is 36.2 Å². The largest absolute Gasteiger partial charge is 0.369 e. The smallest absolute Gasteiger partial charge is 0.222 e. The van der Waals surface area contributed by atoms with E-state index < -0.39 is 11.8 Å². The van der Waals surface area contributed by atoms with E-state index in [2.05, 4.69) is 5.32 Å². The molecule has 0 fully saturated rings. The van der Waals surface area contributed by atoms with Gasteiger partial charge < -0.3 is 11.1 Å². The lowest BCUT2D eigenvalue weighted by atomic mass is 9.98. The molecule has 0 saturated carbocycles. The molecule has 6 heteroatoms. The van der Waals surface area contributed by atoms with Crippen molar-refractivity contribution in [2.24, 2.45) is 11.7 Å². The molecule has 0 aromatic heterocycles. The molecule has 2 aromatic carbocycles. The van der Waals surface area contributed by atoms with Gasteiger partial charge in [0.2, 0.25) is 5.91 Å². The lowest BCUT2D eigenvalue weighted by Crippen LogP contribution is -2.34. The summed E-state index contributed by atoms with van der Waals surface area (Å²) in [5, 5.41) is 4.29. The van der Waals surface area contributed by atoms with Gasteiger partial charge in [-0.2, -0.15) is 0 Å². The average molecular weight is 355 g/mol. The Labute approximate surface area is 144 Å². The molecule has 0 radical (unpaired) electrons. The van der Waals surface area contributed by atoms with Crippen LogP contribution >= 0.6 is 23.2 Å². The second-order valence-corrected chi connectivity index (χ2v) is 6.08. The summed E-state index contributed by atoms with van der Waals surface area (Å²) in [7, 11) is 0. The van der Waals surface area contributed by atoms with E-state index in [0.29, 0.717) is 29.6 Å². The van der Waals surface area contributed by atoms with Crippen molar-refractivity contribution >= 4 is 29.1 Å². The normalized spacial score (nSPS) is 12.1. The van der Waals surface area contributed by atoms with Crippen LogP contribution in [0.3, 0.4) is 0 Å². The summed E-state index contributed by atoms with van der Waals surface area (Å²) in [5.74, 6) is -1.12. The van der Waals surface area contributed by atoms with E-state index in [1.165, 1.54) is 12.1 Å². The first-order valence-corrected chi connectivity index (χ1v) is 7.90. The number of amides is 1. The third-order valence-electron chi connectivity index (χ3n) is 3.55. The molecular formula is C17H17Cl2FN2O. The number of primary amides is 1. The van der Waals surface area contributed by atoms with Crippen LogP contribution in [0.4, 0.5) is 4.39 Å². The van der Waals surface area contributed by atoms with Crippen LogP contribution in [0.5, 0.6) is 0 Å². The molecule has 1 amide bonds. The first-order chi connectivity index (χ1) is 11.0. The van der Waals surface area contributed by atoms with Crippen molar-refractivity contribution in [3.63, 3.8) is 0 Å². The summed E-state index contributed by atoms with van der Waals surface area (Å²) >= 11 is 12.2. The van der Waals surface area contributed by atoms with E-state index in [1.54, 1.807) is 30.3 Å². The van der Waals surface area contributed by atoms with Crippen LogP contribution in [0.15, 0.2) is 42.5 Å². The highest BCUT2D eigenvalue weighted by Crippen LogP contribution is 2.24. The van der Waals surface area contributed by atoms with E-state index in [0.717, 1.165) is 11.1 Å². The molecule has 1 atom stereocenters. The summed E-state index contributed by atoms with van der Waals surface area (Å²) < 4.78 is 12.9. The lowest BCUT2D eigenvalue weighted by molar-refractivity contribution is -0.121. The Balaban J connectivity index is 1.95. The van der Waals surface area contributed by atoms with Crippen LogP contribution in [-0.4, -0.2) is 12.5 Å². The second-order valence-electron chi connectivity index (χ2n) is 5.26. The van der Waals surface area contributed by atoms with Crippen molar-refractivity contribution in [3.8, 4) is 0 Å². The van der Waals surface area contributed by atoms with Crippen molar-refractivity contribution in [1.29, 1.82) is 0 Å². The Morgan fingerprint density at radius 3 is 2.30 bits per heavy atom. The highest BCUT2D eigenvalue weighted by molar-refractivity contribution is 6.35. The van der Waals surface area contributed by atoms with Gasteiger partial charge in [-0.15, -0.1) is 0 Å². The number of carbonyl (C=O) groups is 1. The number of rotatable bonds is 7. The highest BCUT2D eigenvalue weighted by Gasteiger charge is 2.16. The summed E-state index contributed by atoms with van der Waals surface area (Å²) in [6, 6.07) is 11.3. The van der Waals surface area contributed by atoms with Crippen LogP contribution in [-0.2, 0) is 17.8 Å². The van der Waals surface area contributed by atoms with Gasteiger partial charge in [-0.1, -0.05) is 41.4 Å². The molecule has 3 nitrogen and oxygen atoms in total. The predicted octanol–water partition coefficient (Wildman–Crippen LogP) is 3.57. The molecule has 0 aliphatic heterocycles. The number of carbonyl (C=O) groups excluding carboxylic acids is 1. The quantitative estimate of drug-likeness (QED) is 0.798. The van der Waals surface area contributed by atoms with Gasteiger partial charge in [0.25, 0.3) is 0 Å². The zero-order chi connectivity index (χ0) is 16.8. The molecule has 0 heterocycles. The fourth-order valence-corrected chi connectivity index (χ4v) is 2.78. The molecule has 23 heavy (non-hydrogen) atoms. The molecule has 3 N–H and O–H groups in total. The van der Waals surface area contributed by atoms with Gasteiger partial charge in [-0.3, -0.25) is 4.79 Å². The minimum absolute atomic E-state index is 0.309. The fourth-order valence-electron chi connectivity index (χ4n) is 2.25. The van der Waals surface area contributed by atoms with Gasteiger partial charge in [0, 0.05) is 28.7 Å². The first kappa shape index (κ1) is 17.7. The first-order valence-electron chi connectivity index (χ1n) is 7.14. The van der Waals surface area contributed by atoms with Crippen LogP contribution in [0, 0.1) is 11.7 Å². The lowest BCUT2D eigenvalue weighted by Gasteiger charge is -2.15. The number of hydrogen-bond donors (Lipinski definition) is 2. The molecule has 0 spiro atoms. The van der Waals surface area contributed by atoms with E-state index in [-0.39, 0.29) is 5.82 Å². The van der Waals surface area contributed by atoms with Gasteiger partial charge in [0.1, 0.15) is 5.82 Å². The van der Waals surface area contributed by atoms with Gasteiger partial charge in [0.05, 0.1) is 5.92 Å². The predicted molar refractivity (Wildman–Crippen MR) is 91.0 cm³/mol. The minimum Gasteiger partial charge on any atom is -0.369 e. The van der Waals surface area contributed by atoms with Crippen LogP contribution in [0.2, 0.25) is 10.0 Å². The number of hydrogen-bond acceptors (Lipinski definition) is 2. The van der Waals surface area contributed by atoms with Crippen molar-refractivity contribution in [1.82, 2.24) is 5.32 Å². The molecular weight excluding hydrogens is 338 g/mol.